The van der Waals surface area contributed by atoms with Gasteiger partial charge in [0.25, 0.3) is 0 Å². The molecule has 0 unspecified atom stereocenters. The molecule has 2 aliphatic rings. The highest BCUT2D eigenvalue weighted by Gasteiger charge is 2.37. The molecule has 0 aliphatic heterocycles. The molecular weight excluding hydrogens is 192 g/mol. The Morgan fingerprint density at radius 1 is 0.812 bits per heavy atom. The lowest BCUT2D eigenvalue weighted by Gasteiger charge is -2.45. The maximum atomic E-state index is 2.38. The van der Waals surface area contributed by atoms with Crippen LogP contribution in [0.4, 0.5) is 0 Å². The standard InChI is InChI=1S/C16H30/c1-3-5-15-8-12-16(13-9-15)10-6-14(4-2)7-11-16/h14-15H,3-13H2,1-2H3. The summed E-state index contributed by atoms with van der Waals surface area (Å²) in [5.41, 5.74) is 0.815. The van der Waals surface area contributed by atoms with E-state index in [-0.39, 0.29) is 0 Å². The summed E-state index contributed by atoms with van der Waals surface area (Å²) in [4.78, 5) is 0. The van der Waals surface area contributed by atoms with Crippen molar-refractivity contribution in [2.75, 3.05) is 0 Å². The molecule has 0 nitrogen and oxygen atoms in total. The van der Waals surface area contributed by atoms with E-state index in [1.165, 1.54) is 32.1 Å². The zero-order valence-corrected chi connectivity index (χ0v) is 11.4. The summed E-state index contributed by atoms with van der Waals surface area (Å²) in [5.74, 6) is 2.15. The van der Waals surface area contributed by atoms with Crippen LogP contribution in [0.3, 0.4) is 0 Å². The van der Waals surface area contributed by atoms with Crippen molar-refractivity contribution < 1.29 is 0 Å². The van der Waals surface area contributed by atoms with E-state index in [1.54, 1.807) is 38.5 Å². The van der Waals surface area contributed by atoms with Crippen molar-refractivity contribution in [3.8, 4) is 0 Å². The molecule has 0 amide bonds. The van der Waals surface area contributed by atoms with Gasteiger partial charge in [-0.15, -0.1) is 0 Å². The van der Waals surface area contributed by atoms with Gasteiger partial charge < -0.3 is 0 Å². The van der Waals surface area contributed by atoms with Crippen molar-refractivity contribution in [1.29, 1.82) is 0 Å². The van der Waals surface area contributed by atoms with Gasteiger partial charge in [0.05, 0.1) is 0 Å². The molecule has 0 aromatic carbocycles. The van der Waals surface area contributed by atoms with E-state index in [2.05, 4.69) is 13.8 Å². The van der Waals surface area contributed by atoms with Crippen LogP contribution in [0.2, 0.25) is 0 Å². The van der Waals surface area contributed by atoms with Gasteiger partial charge >= 0.3 is 0 Å². The molecule has 16 heavy (non-hydrogen) atoms. The predicted octanol–water partition coefficient (Wildman–Crippen LogP) is 5.56. The highest BCUT2D eigenvalue weighted by atomic mass is 14.4. The van der Waals surface area contributed by atoms with Crippen molar-refractivity contribution >= 4 is 0 Å². The molecule has 0 aromatic heterocycles. The average molecular weight is 222 g/mol. The van der Waals surface area contributed by atoms with Gasteiger partial charge in [-0.2, -0.15) is 0 Å². The van der Waals surface area contributed by atoms with Gasteiger partial charge in [-0.05, 0) is 68.6 Å². The van der Waals surface area contributed by atoms with Gasteiger partial charge in [0.15, 0.2) is 0 Å². The van der Waals surface area contributed by atoms with Crippen molar-refractivity contribution in [1.82, 2.24) is 0 Å². The van der Waals surface area contributed by atoms with Crippen LogP contribution in [-0.4, -0.2) is 0 Å². The summed E-state index contributed by atoms with van der Waals surface area (Å²) in [6.45, 7) is 4.72. The Balaban J connectivity index is 1.79. The van der Waals surface area contributed by atoms with Gasteiger partial charge in [0, 0.05) is 0 Å². The molecule has 0 saturated heterocycles. The zero-order valence-electron chi connectivity index (χ0n) is 11.4. The topological polar surface area (TPSA) is 0 Å². The van der Waals surface area contributed by atoms with Crippen LogP contribution in [0.25, 0.3) is 0 Å². The molecule has 2 rings (SSSR count). The molecule has 1 spiro atoms. The van der Waals surface area contributed by atoms with Crippen molar-refractivity contribution in [3.05, 3.63) is 0 Å². The Morgan fingerprint density at radius 3 is 1.75 bits per heavy atom. The monoisotopic (exact) mass is 222 g/mol. The van der Waals surface area contributed by atoms with Crippen LogP contribution in [0.5, 0.6) is 0 Å². The molecule has 2 aliphatic carbocycles. The highest BCUT2D eigenvalue weighted by Crippen LogP contribution is 2.51. The first-order chi connectivity index (χ1) is 7.78. The molecule has 94 valence electrons. The third-order valence-electron chi connectivity index (χ3n) is 5.61. The normalized spacial score (nSPS) is 40.1. The Labute approximate surface area is 102 Å². The lowest BCUT2D eigenvalue weighted by atomic mass is 9.61. The van der Waals surface area contributed by atoms with E-state index in [0.29, 0.717) is 0 Å². The molecule has 0 heteroatoms. The van der Waals surface area contributed by atoms with Gasteiger partial charge in [-0.25, -0.2) is 0 Å². The van der Waals surface area contributed by atoms with E-state index in [0.717, 1.165) is 17.3 Å². The summed E-state index contributed by atoms with van der Waals surface area (Å²) >= 11 is 0. The fourth-order valence-electron chi connectivity index (χ4n) is 4.19. The van der Waals surface area contributed by atoms with E-state index >= 15 is 0 Å². The van der Waals surface area contributed by atoms with Crippen molar-refractivity contribution in [2.24, 2.45) is 17.3 Å². The maximum absolute atomic E-state index is 2.38. The Bertz CT molecular complexity index is 188. The van der Waals surface area contributed by atoms with Gasteiger partial charge in [-0.1, -0.05) is 33.1 Å². The van der Waals surface area contributed by atoms with Crippen LogP contribution in [0, 0.1) is 17.3 Å². The van der Waals surface area contributed by atoms with Crippen LogP contribution >= 0.6 is 0 Å². The largest absolute Gasteiger partial charge is 0.0654 e. The quantitative estimate of drug-likeness (QED) is 0.586. The van der Waals surface area contributed by atoms with E-state index in [4.69, 9.17) is 0 Å². The minimum Gasteiger partial charge on any atom is -0.0654 e. The molecule has 2 saturated carbocycles. The van der Waals surface area contributed by atoms with Crippen LogP contribution in [0.1, 0.15) is 84.5 Å². The third-order valence-corrected chi connectivity index (χ3v) is 5.61. The average Bonchev–Trinajstić information content (AvgIpc) is 2.34. The lowest BCUT2D eigenvalue weighted by Crippen LogP contribution is -2.32. The van der Waals surface area contributed by atoms with Crippen LogP contribution in [0.15, 0.2) is 0 Å². The Hall–Kier alpha value is 0. The molecule has 2 fully saturated rings. The van der Waals surface area contributed by atoms with E-state index in [1.807, 2.05) is 0 Å². The first kappa shape index (κ1) is 12.5. The molecule has 0 atom stereocenters. The Kier molecular flexibility index (Phi) is 4.33. The molecule has 0 aromatic rings. The van der Waals surface area contributed by atoms with Crippen molar-refractivity contribution in [2.45, 2.75) is 84.5 Å². The molecule has 0 N–H and O–H groups in total. The van der Waals surface area contributed by atoms with Crippen LogP contribution in [-0.2, 0) is 0 Å². The molecule has 0 heterocycles. The predicted molar refractivity (Wildman–Crippen MR) is 71.5 cm³/mol. The first-order valence-electron chi connectivity index (χ1n) is 7.78. The zero-order chi connectivity index (χ0) is 11.4. The van der Waals surface area contributed by atoms with E-state index in [9.17, 15) is 0 Å². The fraction of sp³-hybridized carbons (Fsp3) is 1.00. The van der Waals surface area contributed by atoms with E-state index < -0.39 is 0 Å². The summed E-state index contributed by atoms with van der Waals surface area (Å²) < 4.78 is 0. The Morgan fingerprint density at radius 2 is 1.31 bits per heavy atom. The summed E-state index contributed by atoms with van der Waals surface area (Å²) in [6.07, 6.45) is 16.7. The summed E-state index contributed by atoms with van der Waals surface area (Å²) in [5, 5.41) is 0. The van der Waals surface area contributed by atoms with Crippen molar-refractivity contribution in [3.63, 3.8) is 0 Å². The number of hydrogen-bond donors (Lipinski definition) is 0. The third kappa shape index (κ3) is 2.81. The second kappa shape index (κ2) is 5.56. The van der Waals surface area contributed by atoms with Crippen LogP contribution < -0.4 is 0 Å². The summed E-state index contributed by atoms with van der Waals surface area (Å²) in [7, 11) is 0. The maximum Gasteiger partial charge on any atom is -0.0297 e. The number of rotatable bonds is 3. The fourth-order valence-corrected chi connectivity index (χ4v) is 4.19. The van der Waals surface area contributed by atoms with Gasteiger partial charge in [0.1, 0.15) is 0 Å². The molecule has 0 radical (unpaired) electrons. The smallest absolute Gasteiger partial charge is 0.0297 e. The second-order valence-corrected chi connectivity index (χ2v) is 6.58. The minimum atomic E-state index is 0.815. The van der Waals surface area contributed by atoms with Gasteiger partial charge in [-0.3, -0.25) is 0 Å². The highest BCUT2D eigenvalue weighted by molar-refractivity contribution is 4.89. The SMILES string of the molecule is CCCC1CCC2(CCC(CC)CC2)CC1. The molecule has 0 bridgehead atoms. The van der Waals surface area contributed by atoms with Gasteiger partial charge in [0.2, 0.25) is 0 Å². The minimum absolute atomic E-state index is 0.815. The first-order valence-corrected chi connectivity index (χ1v) is 7.78. The lowest BCUT2D eigenvalue weighted by molar-refractivity contribution is 0.0725. The summed E-state index contributed by atoms with van der Waals surface area (Å²) in [6, 6.07) is 0. The molecular formula is C16H30. The second-order valence-electron chi connectivity index (χ2n) is 6.58. The number of hydrogen-bond acceptors (Lipinski definition) is 0.